The number of fused-ring (bicyclic) bond motifs is 3. The predicted molar refractivity (Wildman–Crippen MR) is 84.2 cm³/mol. The Morgan fingerprint density at radius 2 is 2.18 bits per heavy atom. The van der Waals surface area contributed by atoms with E-state index in [1.165, 1.54) is 24.8 Å². The number of hydrogen-bond acceptors (Lipinski definition) is 5. The van der Waals surface area contributed by atoms with Crippen LogP contribution in [0.2, 0.25) is 0 Å². The molecule has 0 saturated heterocycles. The number of anilines is 1. The summed E-state index contributed by atoms with van der Waals surface area (Å²) in [5.74, 6) is 1.21. The van der Waals surface area contributed by atoms with Crippen LogP contribution < -0.4 is 10.2 Å². The van der Waals surface area contributed by atoms with Gasteiger partial charge in [0.2, 0.25) is 0 Å². The third kappa shape index (κ3) is 2.86. The average Bonchev–Trinajstić information content (AvgIpc) is 2.91. The van der Waals surface area contributed by atoms with Crippen molar-refractivity contribution in [1.82, 2.24) is 5.32 Å². The number of hydrogen-bond donors (Lipinski definition) is 2. The van der Waals surface area contributed by atoms with E-state index in [9.17, 15) is 8.42 Å². The molecule has 6 nitrogen and oxygen atoms in total. The fraction of sp³-hybridized carbons (Fsp3) is 0.600. The molecule has 122 valence electrons. The first kappa shape index (κ1) is 15.7. The van der Waals surface area contributed by atoms with Crippen LogP contribution in [-0.4, -0.2) is 33.6 Å². The minimum atomic E-state index is -4.53. The number of benzene rings is 1. The molecule has 0 aromatic heterocycles. The zero-order chi connectivity index (χ0) is 15.9. The Balaban J connectivity index is 2.05. The summed E-state index contributed by atoms with van der Waals surface area (Å²) in [5, 5.41) is 2.82. The molecule has 2 N–H and O–H groups in total. The summed E-state index contributed by atoms with van der Waals surface area (Å²) in [6.45, 7) is 0.969. The second kappa shape index (κ2) is 5.81. The maximum absolute atomic E-state index is 11.1. The first-order valence-corrected chi connectivity index (χ1v) is 8.94. The fourth-order valence-corrected chi connectivity index (χ4v) is 4.46. The monoisotopic (exact) mass is 326 g/mol. The maximum atomic E-state index is 11.1. The molecule has 1 aromatic rings. The molecule has 1 aliphatic heterocycles. The van der Waals surface area contributed by atoms with Gasteiger partial charge in [0.15, 0.2) is 6.23 Å². The van der Waals surface area contributed by atoms with Crippen LogP contribution in [0.15, 0.2) is 18.2 Å². The van der Waals surface area contributed by atoms with Gasteiger partial charge >= 0.3 is 10.4 Å². The zero-order valence-corrected chi connectivity index (χ0v) is 13.6. The highest BCUT2D eigenvalue weighted by molar-refractivity contribution is 7.80. The number of nitrogens with one attached hydrogen (secondary N) is 1. The summed E-state index contributed by atoms with van der Waals surface area (Å²) >= 11 is 0. The van der Waals surface area contributed by atoms with Gasteiger partial charge < -0.3 is 4.90 Å². The van der Waals surface area contributed by atoms with Crippen LogP contribution in [0.25, 0.3) is 0 Å². The van der Waals surface area contributed by atoms with Gasteiger partial charge in [-0.1, -0.05) is 24.6 Å². The summed E-state index contributed by atoms with van der Waals surface area (Å²) < 4.78 is 36.0. The molecule has 1 saturated carbocycles. The molecule has 1 aliphatic carbocycles. The lowest BCUT2D eigenvalue weighted by Gasteiger charge is -2.38. The van der Waals surface area contributed by atoms with Gasteiger partial charge in [0.1, 0.15) is 0 Å². The highest BCUT2D eigenvalue weighted by Crippen LogP contribution is 2.49. The van der Waals surface area contributed by atoms with E-state index in [2.05, 4.69) is 16.3 Å². The summed E-state index contributed by atoms with van der Waals surface area (Å²) in [6.07, 6.45) is 2.77. The summed E-state index contributed by atoms with van der Waals surface area (Å²) in [6, 6.07) is 5.90. The normalized spacial score (nSPS) is 25.7. The molecule has 0 spiro atoms. The first-order valence-electron chi connectivity index (χ1n) is 7.57. The van der Waals surface area contributed by atoms with Crippen molar-refractivity contribution in [2.45, 2.75) is 31.4 Å². The Hall–Kier alpha value is -1.15. The topological polar surface area (TPSA) is 78.9 Å². The van der Waals surface area contributed by atoms with E-state index in [1.807, 2.05) is 19.2 Å². The van der Waals surface area contributed by atoms with Gasteiger partial charge in [-0.05, 0) is 37.3 Å². The molecular formula is C15H22N2O4S. The smallest absolute Gasteiger partial charge is 0.374 e. The fourth-order valence-electron chi connectivity index (χ4n) is 4.02. The molecule has 3 unspecified atom stereocenters. The molecule has 7 heteroatoms. The lowest BCUT2D eigenvalue weighted by molar-refractivity contribution is 0.160. The van der Waals surface area contributed by atoms with E-state index in [0.29, 0.717) is 11.8 Å². The minimum Gasteiger partial charge on any atom is -0.374 e. The highest BCUT2D eigenvalue weighted by Gasteiger charge is 2.37. The average molecular weight is 326 g/mol. The van der Waals surface area contributed by atoms with Crippen LogP contribution in [0, 0.1) is 5.92 Å². The van der Waals surface area contributed by atoms with Gasteiger partial charge in [-0.25, -0.2) is 4.18 Å². The zero-order valence-electron chi connectivity index (χ0n) is 12.8. The number of nitrogens with zero attached hydrogens (tertiary/aromatic N) is 1. The molecule has 0 bridgehead atoms. The largest absolute Gasteiger partial charge is 0.399 e. The van der Waals surface area contributed by atoms with Gasteiger partial charge in [-0.15, -0.1) is 0 Å². The van der Waals surface area contributed by atoms with Crippen LogP contribution in [0.1, 0.15) is 42.5 Å². The second-order valence-electron chi connectivity index (χ2n) is 6.16. The molecule has 1 heterocycles. The van der Waals surface area contributed by atoms with Crippen LogP contribution in [0.4, 0.5) is 5.69 Å². The van der Waals surface area contributed by atoms with Crippen molar-refractivity contribution >= 4 is 16.1 Å². The van der Waals surface area contributed by atoms with Crippen molar-refractivity contribution in [1.29, 1.82) is 0 Å². The number of para-hydroxylation sites is 1. The van der Waals surface area contributed by atoms with Crippen LogP contribution in [-0.2, 0) is 14.6 Å². The van der Waals surface area contributed by atoms with Crippen molar-refractivity contribution in [3.8, 4) is 0 Å². The molecule has 0 amide bonds. The van der Waals surface area contributed by atoms with Crippen molar-refractivity contribution in [2.24, 2.45) is 5.92 Å². The highest BCUT2D eigenvalue weighted by atomic mass is 32.3. The molecule has 2 aliphatic rings. The van der Waals surface area contributed by atoms with Crippen LogP contribution in [0.5, 0.6) is 0 Å². The molecule has 3 rings (SSSR count). The Morgan fingerprint density at radius 3 is 2.86 bits per heavy atom. The lowest BCUT2D eigenvalue weighted by Crippen LogP contribution is -2.35. The maximum Gasteiger partial charge on any atom is 0.399 e. The van der Waals surface area contributed by atoms with E-state index in [0.717, 1.165) is 17.8 Å². The summed E-state index contributed by atoms with van der Waals surface area (Å²) in [7, 11) is -0.894. The Morgan fingerprint density at radius 1 is 1.41 bits per heavy atom. The van der Waals surface area contributed by atoms with Crippen LogP contribution in [0.3, 0.4) is 0 Å². The van der Waals surface area contributed by atoms with E-state index in [-0.39, 0.29) is 0 Å². The van der Waals surface area contributed by atoms with Gasteiger partial charge in [0, 0.05) is 24.8 Å². The van der Waals surface area contributed by atoms with Crippen molar-refractivity contribution in [3.05, 3.63) is 29.3 Å². The standard InChI is InChI=1S/C15H22N2O4S/c1-16-15(21-22(18,19)20)13-8-4-7-12-11-6-3-5-10(11)9-17(2)14(12)13/h4,7-8,10-11,15-16H,3,5-6,9H2,1-2H3,(H,18,19,20). The molecule has 1 fully saturated rings. The predicted octanol–water partition coefficient (Wildman–Crippen LogP) is 2.06. The van der Waals surface area contributed by atoms with Gasteiger partial charge in [0.25, 0.3) is 0 Å². The van der Waals surface area contributed by atoms with E-state index < -0.39 is 16.6 Å². The third-order valence-electron chi connectivity index (χ3n) is 4.81. The Labute approximate surface area is 131 Å². The van der Waals surface area contributed by atoms with Gasteiger partial charge in [-0.3, -0.25) is 9.87 Å². The van der Waals surface area contributed by atoms with Crippen molar-refractivity contribution in [2.75, 3.05) is 25.5 Å². The van der Waals surface area contributed by atoms with E-state index >= 15 is 0 Å². The third-order valence-corrected chi connectivity index (χ3v) is 5.25. The quantitative estimate of drug-likeness (QED) is 0.651. The Bertz CT molecular complexity index is 662. The summed E-state index contributed by atoms with van der Waals surface area (Å²) in [4.78, 5) is 2.18. The first-order chi connectivity index (χ1) is 10.4. The van der Waals surface area contributed by atoms with Gasteiger partial charge in [0.05, 0.1) is 0 Å². The number of rotatable bonds is 4. The van der Waals surface area contributed by atoms with E-state index in [4.69, 9.17) is 8.74 Å². The SMILES string of the molecule is CNC(OS(=O)(=O)O)c1cccc2c1N(C)CC1CCCC21. The van der Waals surface area contributed by atoms with Gasteiger partial charge in [-0.2, -0.15) is 8.42 Å². The molecular weight excluding hydrogens is 304 g/mol. The van der Waals surface area contributed by atoms with Crippen molar-refractivity contribution in [3.63, 3.8) is 0 Å². The molecule has 3 atom stereocenters. The van der Waals surface area contributed by atoms with Crippen molar-refractivity contribution < 1.29 is 17.2 Å². The van der Waals surface area contributed by atoms with E-state index in [1.54, 1.807) is 7.05 Å². The summed E-state index contributed by atoms with van der Waals surface area (Å²) in [5.41, 5.74) is 3.02. The lowest BCUT2D eigenvalue weighted by atomic mass is 9.82. The Kier molecular flexibility index (Phi) is 4.15. The minimum absolute atomic E-state index is 0.536. The van der Waals surface area contributed by atoms with Crippen LogP contribution >= 0.6 is 0 Å². The molecule has 1 aromatic carbocycles. The molecule has 0 radical (unpaired) electrons. The second-order valence-corrected chi connectivity index (χ2v) is 7.20. The molecule has 22 heavy (non-hydrogen) atoms.